The number of carbonyl (C=O) groups excluding carboxylic acids is 1. The molecule has 0 saturated carbocycles. The summed E-state index contributed by atoms with van der Waals surface area (Å²) in [7, 11) is 0. The van der Waals surface area contributed by atoms with Gasteiger partial charge in [0.05, 0.1) is 11.1 Å². The van der Waals surface area contributed by atoms with Crippen molar-refractivity contribution in [2.45, 2.75) is 132 Å². The van der Waals surface area contributed by atoms with Crippen molar-refractivity contribution in [3.8, 4) is 0 Å². The molecule has 2 heterocycles. The average Bonchev–Trinajstić information content (AvgIpc) is 2.93. The molecule has 3 rings (SSSR count). The molecule has 0 bridgehead atoms. The molecule has 0 amide bonds. The Morgan fingerprint density at radius 1 is 0.682 bits per heavy atom. The van der Waals surface area contributed by atoms with Crippen LogP contribution in [0.5, 0.6) is 0 Å². The van der Waals surface area contributed by atoms with E-state index in [9.17, 15) is 9.90 Å². The van der Waals surface area contributed by atoms with Crippen LogP contribution in [0.1, 0.15) is 135 Å². The lowest BCUT2D eigenvalue weighted by Gasteiger charge is -2.21. The van der Waals surface area contributed by atoms with Crippen molar-refractivity contribution in [2.75, 3.05) is 0 Å². The van der Waals surface area contributed by atoms with Crippen LogP contribution in [0.2, 0.25) is 0 Å². The lowest BCUT2D eigenvalue weighted by molar-refractivity contribution is -0.113. The minimum absolute atomic E-state index is 0.0482. The summed E-state index contributed by atoms with van der Waals surface area (Å²) in [5.41, 5.74) is 2.97. The number of aryl methyl sites for hydroxylation is 2. The second kappa shape index (κ2) is 18.3. The molecule has 0 aromatic carbocycles. The maximum atomic E-state index is 13.4. The van der Waals surface area contributed by atoms with Crippen molar-refractivity contribution in [3.05, 3.63) is 78.0 Å². The number of carbonyl (C=O) groups is 1. The van der Waals surface area contributed by atoms with Gasteiger partial charge in [-0.3, -0.25) is 4.79 Å². The second-order valence-electron chi connectivity index (χ2n) is 14.6. The van der Waals surface area contributed by atoms with Gasteiger partial charge in [-0.2, -0.15) is 0 Å². The van der Waals surface area contributed by atoms with E-state index in [1.165, 1.54) is 70.9 Å². The van der Waals surface area contributed by atoms with Gasteiger partial charge < -0.3 is 5.11 Å². The molecule has 0 unspecified atom stereocenters. The third-order valence-electron chi connectivity index (χ3n) is 8.28. The molecule has 1 aliphatic heterocycles. The molecule has 0 fully saturated rings. The van der Waals surface area contributed by atoms with Crippen molar-refractivity contribution in [1.29, 1.82) is 0 Å². The van der Waals surface area contributed by atoms with Crippen LogP contribution >= 0.6 is 23.1 Å². The highest BCUT2D eigenvalue weighted by Crippen LogP contribution is 2.40. The van der Waals surface area contributed by atoms with Gasteiger partial charge in [0.25, 0.3) is 0 Å². The van der Waals surface area contributed by atoms with Gasteiger partial charge in [-0.1, -0.05) is 92.8 Å². The number of Topliss-reactive ketones (excluding diaryl/α,β-unsaturated/α-hetero) is 1. The van der Waals surface area contributed by atoms with Crippen LogP contribution in [0.3, 0.4) is 0 Å². The van der Waals surface area contributed by atoms with E-state index in [0.29, 0.717) is 34.8 Å². The first-order valence-electron chi connectivity index (χ1n) is 17.4. The zero-order chi connectivity index (χ0) is 32.2. The topological polar surface area (TPSA) is 37.3 Å². The number of hydrogen-bond acceptors (Lipinski definition) is 3. The molecule has 1 aromatic rings. The first kappa shape index (κ1) is 36.6. The number of aliphatic hydroxyl groups excluding tert-OH is 1. The number of ketones is 1. The van der Waals surface area contributed by atoms with Gasteiger partial charge in [0, 0.05) is 25.0 Å². The molecular weight excluding hydrogens is 577 g/mol. The maximum Gasteiger partial charge on any atom is 0.218 e. The van der Waals surface area contributed by atoms with E-state index in [0.717, 1.165) is 36.8 Å². The predicted molar refractivity (Wildman–Crippen MR) is 196 cm³/mol. The Bertz CT molecular complexity index is 1210. The number of thioether (sulfide) groups is 1. The molecule has 44 heavy (non-hydrogen) atoms. The maximum absolute atomic E-state index is 13.4. The summed E-state index contributed by atoms with van der Waals surface area (Å²) in [5.74, 6) is 2.92. The first-order valence-corrected chi connectivity index (χ1v) is 19.0. The minimum Gasteiger partial charge on any atom is -0.506 e. The van der Waals surface area contributed by atoms with Crippen molar-refractivity contribution in [2.24, 2.45) is 23.7 Å². The monoisotopic (exact) mass is 635 g/mol. The van der Waals surface area contributed by atoms with Gasteiger partial charge in [0.15, 0.2) is 0 Å². The molecular formula is C40H59O2S2+. The fourth-order valence-electron chi connectivity index (χ4n) is 5.72. The van der Waals surface area contributed by atoms with Gasteiger partial charge in [0.1, 0.15) is 5.76 Å². The largest absolute Gasteiger partial charge is 0.506 e. The molecule has 0 spiro atoms. The van der Waals surface area contributed by atoms with Crippen molar-refractivity contribution < 1.29 is 9.90 Å². The summed E-state index contributed by atoms with van der Waals surface area (Å²) in [5, 5.41) is 11.1. The van der Waals surface area contributed by atoms with Crippen LogP contribution in [0.15, 0.2) is 62.6 Å². The van der Waals surface area contributed by atoms with Gasteiger partial charge in [-0.05, 0) is 107 Å². The Morgan fingerprint density at radius 3 is 1.52 bits per heavy atom. The molecule has 0 saturated heterocycles. The molecule has 1 N–H and O–H groups in total. The fourth-order valence-corrected chi connectivity index (χ4v) is 8.16. The van der Waals surface area contributed by atoms with E-state index >= 15 is 0 Å². The Morgan fingerprint density at radius 2 is 1.11 bits per heavy atom. The van der Waals surface area contributed by atoms with Crippen LogP contribution in [0.25, 0.3) is 6.08 Å². The first-order chi connectivity index (χ1) is 20.9. The lowest BCUT2D eigenvalue weighted by atomic mass is 9.85. The molecule has 1 aromatic heterocycles. The summed E-state index contributed by atoms with van der Waals surface area (Å²) in [6.45, 7) is 18.3. The minimum atomic E-state index is -0.0482. The summed E-state index contributed by atoms with van der Waals surface area (Å²) >= 11 is 3.84. The SMILES string of the molecule is CC(C)CCCC1=CC(=CC2=C(O)C(=Cc3cc(CCCC(C)C)[s+]c(CCCC(C)C)c3)C2=O)C=C(CCCC(C)C)S1. The highest BCUT2D eigenvalue weighted by molar-refractivity contribution is 8.06. The summed E-state index contributed by atoms with van der Waals surface area (Å²) in [6, 6.07) is 4.47. The second-order valence-corrected chi connectivity index (χ2v) is 17.1. The molecule has 2 nitrogen and oxygen atoms in total. The average molecular weight is 636 g/mol. The quantitative estimate of drug-likeness (QED) is 0.129. The fraction of sp³-hybridized carbons (Fsp3) is 0.600. The molecule has 0 radical (unpaired) electrons. The van der Waals surface area contributed by atoms with Gasteiger partial charge in [-0.25, -0.2) is 0 Å². The molecule has 4 heteroatoms. The highest BCUT2D eigenvalue weighted by Gasteiger charge is 2.32. The number of allylic oxidation sites excluding steroid dienone is 8. The van der Waals surface area contributed by atoms with Crippen molar-refractivity contribution in [3.63, 3.8) is 0 Å². The van der Waals surface area contributed by atoms with Crippen LogP contribution in [0, 0.1) is 23.7 Å². The van der Waals surface area contributed by atoms with E-state index in [1.54, 1.807) is 0 Å². The van der Waals surface area contributed by atoms with E-state index in [-0.39, 0.29) is 11.5 Å². The number of hydrogen-bond donors (Lipinski definition) is 1. The van der Waals surface area contributed by atoms with Gasteiger partial charge >= 0.3 is 0 Å². The van der Waals surface area contributed by atoms with Crippen LogP contribution in [-0.2, 0) is 17.6 Å². The number of rotatable bonds is 18. The third kappa shape index (κ3) is 12.5. The Balaban J connectivity index is 1.85. The van der Waals surface area contributed by atoms with Gasteiger partial charge in [-0.15, -0.1) is 0 Å². The zero-order valence-electron chi connectivity index (χ0n) is 28.9. The van der Waals surface area contributed by atoms with Crippen LogP contribution in [0.4, 0.5) is 0 Å². The smallest absolute Gasteiger partial charge is 0.218 e. The Kier molecular flexibility index (Phi) is 15.2. The van der Waals surface area contributed by atoms with Crippen LogP contribution in [-0.4, -0.2) is 10.9 Å². The van der Waals surface area contributed by atoms with Gasteiger partial charge in [0.2, 0.25) is 26.9 Å². The Hall–Kier alpha value is -1.91. The van der Waals surface area contributed by atoms with Crippen molar-refractivity contribution >= 4 is 35.0 Å². The Labute approximate surface area is 277 Å². The highest BCUT2D eigenvalue weighted by atomic mass is 32.2. The standard InChI is InChI=1S/C40H58O2S2/c1-27(2)13-9-17-33-21-31(22-34(43-33)18-10-14-28(3)4)25-37-39(41)38(40(37)42)26-32-23-35(19-11-15-29(5)6)44-36(24-32)20-12-16-30(7)8/h21-30H,9-20H2,1-8H3/p+1. The van der Waals surface area contributed by atoms with Crippen molar-refractivity contribution in [1.82, 2.24) is 0 Å². The molecule has 1 aliphatic carbocycles. The van der Waals surface area contributed by atoms with E-state index in [2.05, 4.69) is 79.7 Å². The summed E-state index contributed by atoms with van der Waals surface area (Å²) < 4.78 is 0. The zero-order valence-corrected chi connectivity index (χ0v) is 30.6. The molecule has 2 aliphatic rings. The summed E-state index contributed by atoms with van der Waals surface area (Å²) in [4.78, 5) is 18.9. The predicted octanol–water partition coefficient (Wildman–Crippen LogP) is 12.9. The molecule has 0 atom stereocenters. The normalized spacial score (nSPS) is 16.5. The van der Waals surface area contributed by atoms with E-state index < -0.39 is 0 Å². The van der Waals surface area contributed by atoms with E-state index in [4.69, 9.17) is 0 Å². The summed E-state index contributed by atoms with van der Waals surface area (Å²) in [6.07, 6.45) is 22.2. The third-order valence-corrected chi connectivity index (χ3v) is 10.6. The van der Waals surface area contributed by atoms with Crippen LogP contribution < -0.4 is 0 Å². The lowest BCUT2D eigenvalue weighted by Crippen LogP contribution is -2.21. The molecule has 242 valence electrons. The number of aliphatic hydroxyl groups is 1. The van der Waals surface area contributed by atoms with E-state index in [1.807, 2.05) is 35.3 Å².